The maximum absolute atomic E-state index is 12.0. The molecule has 1 amide bonds. The van der Waals surface area contributed by atoms with Crippen molar-refractivity contribution in [3.8, 4) is 0 Å². The Morgan fingerprint density at radius 1 is 1.16 bits per heavy atom. The lowest BCUT2D eigenvalue weighted by atomic mass is 10.2. The Hall–Kier alpha value is -1.56. The number of anilines is 1. The van der Waals surface area contributed by atoms with Crippen molar-refractivity contribution >= 4 is 21.8 Å². The molecular weight excluding hydrogens is 266 g/mol. The van der Waals surface area contributed by atoms with Crippen LogP contribution >= 0.6 is 0 Å². The summed E-state index contributed by atoms with van der Waals surface area (Å²) >= 11 is 0. The molecule has 0 saturated carbocycles. The Labute approximate surface area is 114 Å². The zero-order chi connectivity index (χ0) is 14.8. The predicted octanol–water partition coefficient (Wildman–Crippen LogP) is 2.70. The van der Waals surface area contributed by atoms with Crippen molar-refractivity contribution in [3.63, 3.8) is 0 Å². The van der Waals surface area contributed by atoms with Crippen molar-refractivity contribution < 1.29 is 17.9 Å². The molecule has 106 valence electrons. The van der Waals surface area contributed by atoms with Crippen LogP contribution in [0.3, 0.4) is 0 Å². The van der Waals surface area contributed by atoms with E-state index in [0.29, 0.717) is 4.31 Å². The first-order valence-electron chi connectivity index (χ1n) is 5.81. The second-order valence-electron chi connectivity index (χ2n) is 5.34. The van der Waals surface area contributed by atoms with Crippen LogP contribution in [0.15, 0.2) is 24.3 Å². The molecule has 0 aliphatic carbocycles. The van der Waals surface area contributed by atoms with Crippen LogP contribution in [0.4, 0.5) is 10.5 Å². The van der Waals surface area contributed by atoms with E-state index >= 15 is 0 Å². The van der Waals surface area contributed by atoms with Crippen molar-refractivity contribution in [3.05, 3.63) is 29.8 Å². The summed E-state index contributed by atoms with van der Waals surface area (Å²) in [5.74, 6) is 0. The summed E-state index contributed by atoms with van der Waals surface area (Å²) in [6.45, 7) is 6.92. The van der Waals surface area contributed by atoms with Gasteiger partial charge >= 0.3 is 6.09 Å². The van der Waals surface area contributed by atoms with Crippen molar-refractivity contribution in [1.29, 1.82) is 0 Å². The third-order valence-electron chi connectivity index (χ3n) is 2.16. The summed E-state index contributed by atoms with van der Waals surface area (Å²) in [5, 5.41) is 0. The topological polar surface area (TPSA) is 63.7 Å². The molecule has 0 aliphatic heterocycles. The molecular formula is C13H19NO4S. The molecule has 0 atom stereocenters. The highest BCUT2D eigenvalue weighted by Gasteiger charge is 2.30. The molecule has 0 spiro atoms. The van der Waals surface area contributed by atoms with E-state index in [9.17, 15) is 13.2 Å². The molecule has 0 unspecified atom stereocenters. The Balaban J connectivity index is 3.17. The lowest BCUT2D eigenvalue weighted by Gasteiger charge is -2.25. The van der Waals surface area contributed by atoms with Gasteiger partial charge in [-0.2, -0.15) is 4.31 Å². The van der Waals surface area contributed by atoms with E-state index in [1.165, 1.54) is 0 Å². The van der Waals surface area contributed by atoms with Gasteiger partial charge in [0.1, 0.15) is 5.60 Å². The number of nitrogens with zero attached hydrogens (tertiary/aromatic N) is 1. The number of carbonyl (C=O) groups is 1. The summed E-state index contributed by atoms with van der Waals surface area (Å²) < 4.78 is 29.3. The monoisotopic (exact) mass is 285 g/mol. The van der Waals surface area contributed by atoms with Crippen LogP contribution in [-0.4, -0.2) is 26.4 Å². The Morgan fingerprint density at radius 2 is 1.63 bits per heavy atom. The third-order valence-corrected chi connectivity index (χ3v) is 3.18. The molecule has 0 radical (unpaired) electrons. The van der Waals surface area contributed by atoms with E-state index in [2.05, 4.69) is 0 Å². The van der Waals surface area contributed by atoms with Gasteiger partial charge in [0.25, 0.3) is 0 Å². The largest absolute Gasteiger partial charge is 0.443 e. The van der Waals surface area contributed by atoms with Crippen LogP contribution in [0.2, 0.25) is 0 Å². The maximum atomic E-state index is 12.0. The van der Waals surface area contributed by atoms with Crippen molar-refractivity contribution in [1.82, 2.24) is 0 Å². The molecule has 5 nitrogen and oxygen atoms in total. The molecule has 0 aliphatic rings. The van der Waals surface area contributed by atoms with Crippen LogP contribution in [0.25, 0.3) is 0 Å². The average molecular weight is 285 g/mol. The number of ether oxygens (including phenoxy) is 1. The SMILES string of the molecule is Cc1ccc(N(C(=O)OC(C)(C)C)S(C)(=O)=O)cc1. The van der Waals surface area contributed by atoms with Crippen LogP contribution in [0, 0.1) is 6.92 Å². The molecule has 0 heterocycles. The van der Waals surface area contributed by atoms with Gasteiger partial charge in [-0.3, -0.25) is 0 Å². The molecule has 0 N–H and O–H groups in total. The van der Waals surface area contributed by atoms with Gasteiger partial charge in [-0.05, 0) is 39.8 Å². The third kappa shape index (κ3) is 4.55. The summed E-state index contributed by atoms with van der Waals surface area (Å²) in [4.78, 5) is 12.0. The van der Waals surface area contributed by atoms with Crippen molar-refractivity contribution in [2.45, 2.75) is 33.3 Å². The number of benzene rings is 1. The predicted molar refractivity (Wildman–Crippen MR) is 74.7 cm³/mol. The first kappa shape index (κ1) is 15.5. The highest BCUT2D eigenvalue weighted by Crippen LogP contribution is 2.21. The minimum atomic E-state index is -3.74. The number of hydrogen-bond donors (Lipinski definition) is 0. The molecule has 6 heteroatoms. The minimum Gasteiger partial charge on any atom is -0.443 e. The Morgan fingerprint density at radius 3 is 2.00 bits per heavy atom. The van der Waals surface area contributed by atoms with Gasteiger partial charge in [-0.1, -0.05) is 17.7 Å². The van der Waals surface area contributed by atoms with Crippen LogP contribution in [0.5, 0.6) is 0 Å². The van der Waals surface area contributed by atoms with Crippen molar-refractivity contribution in [2.75, 3.05) is 10.6 Å². The second kappa shape index (κ2) is 5.21. The van der Waals surface area contributed by atoms with Gasteiger partial charge in [0.15, 0.2) is 0 Å². The average Bonchev–Trinajstić information content (AvgIpc) is 2.16. The highest BCUT2D eigenvalue weighted by atomic mass is 32.2. The first-order valence-corrected chi connectivity index (χ1v) is 7.65. The zero-order valence-corrected chi connectivity index (χ0v) is 12.6. The summed E-state index contributed by atoms with van der Waals surface area (Å²) in [5.41, 5.74) is 0.480. The van der Waals surface area contributed by atoms with E-state index in [0.717, 1.165) is 11.8 Å². The second-order valence-corrected chi connectivity index (χ2v) is 7.17. The van der Waals surface area contributed by atoms with E-state index in [4.69, 9.17) is 4.74 Å². The number of rotatable bonds is 2. The lowest BCUT2D eigenvalue weighted by molar-refractivity contribution is 0.0609. The zero-order valence-electron chi connectivity index (χ0n) is 11.8. The fourth-order valence-electron chi connectivity index (χ4n) is 1.42. The van der Waals surface area contributed by atoms with Gasteiger partial charge in [-0.15, -0.1) is 0 Å². The molecule has 1 aromatic carbocycles. The van der Waals surface area contributed by atoms with Gasteiger partial charge in [0, 0.05) is 0 Å². The molecule has 0 aromatic heterocycles. The standard InChI is InChI=1S/C13H19NO4S/c1-10-6-8-11(9-7-10)14(19(5,16)17)12(15)18-13(2,3)4/h6-9H,1-5H3. The van der Waals surface area contributed by atoms with E-state index in [1.807, 2.05) is 6.92 Å². The smallest absolute Gasteiger partial charge is 0.428 e. The minimum absolute atomic E-state index is 0.266. The van der Waals surface area contributed by atoms with Crippen LogP contribution in [-0.2, 0) is 14.8 Å². The molecule has 19 heavy (non-hydrogen) atoms. The summed E-state index contributed by atoms with van der Waals surface area (Å²) in [6.07, 6.45) is 0.0652. The molecule has 0 bridgehead atoms. The van der Waals surface area contributed by atoms with E-state index in [1.54, 1.807) is 45.0 Å². The number of carbonyl (C=O) groups excluding carboxylic acids is 1. The van der Waals surface area contributed by atoms with Gasteiger partial charge in [0.2, 0.25) is 10.0 Å². The number of sulfonamides is 1. The Kier molecular flexibility index (Phi) is 4.25. The molecule has 1 aromatic rings. The van der Waals surface area contributed by atoms with Crippen LogP contribution in [0.1, 0.15) is 26.3 Å². The fraction of sp³-hybridized carbons (Fsp3) is 0.462. The molecule has 0 fully saturated rings. The number of hydrogen-bond acceptors (Lipinski definition) is 4. The van der Waals surface area contributed by atoms with Crippen molar-refractivity contribution in [2.24, 2.45) is 0 Å². The number of amides is 1. The molecule has 1 rings (SSSR count). The normalized spacial score (nSPS) is 12.1. The summed E-state index contributed by atoms with van der Waals surface area (Å²) in [6, 6.07) is 6.61. The van der Waals surface area contributed by atoms with E-state index in [-0.39, 0.29) is 5.69 Å². The molecule has 0 saturated heterocycles. The quantitative estimate of drug-likeness (QED) is 0.838. The lowest BCUT2D eigenvalue weighted by Crippen LogP contribution is -2.40. The van der Waals surface area contributed by atoms with Gasteiger partial charge in [-0.25, -0.2) is 13.2 Å². The van der Waals surface area contributed by atoms with Gasteiger partial charge < -0.3 is 4.74 Å². The first-order chi connectivity index (χ1) is 8.50. The van der Waals surface area contributed by atoms with Gasteiger partial charge in [0.05, 0.1) is 11.9 Å². The maximum Gasteiger partial charge on any atom is 0.428 e. The fourth-order valence-corrected chi connectivity index (χ4v) is 2.23. The van der Waals surface area contributed by atoms with Crippen LogP contribution < -0.4 is 4.31 Å². The highest BCUT2D eigenvalue weighted by molar-refractivity contribution is 7.92. The summed E-state index contributed by atoms with van der Waals surface area (Å²) in [7, 11) is -3.74. The Bertz CT molecular complexity index is 555. The van der Waals surface area contributed by atoms with E-state index < -0.39 is 21.7 Å². The number of aryl methyl sites for hydroxylation is 1.